The van der Waals surface area contributed by atoms with Gasteiger partial charge in [-0.2, -0.15) is 0 Å². The van der Waals surface area contributed by atoms with E-state index in [-0.39, 0.29) is 11.4 Å². The Bertz CT molecular complexity index is 382. The molecule has 3 N–H and O–H groups in total. The van der Waals surface area contributed by atoms with E-state index < -0.39 is 5.97 Å². The first-order valence-corrected chi connectivity index (χ1v) is 3.76. The van der Waals surface area contributed by atoms with E-state index in [4.69, 9.17) is 10.8 Å². The summed E-state index contributed by atoms with van der Waals surface area (Å²) >= 11 is 0. The van der Waals surface area contributed by atoms with Crippen molar-refractivity contribution in [1.82, 2.24) is 0 Å². The Hall–Kier alpha value is -2.17. The average molecular weight is 192 g/mol. The minimum Gasteiger partial charge on any atom is -0.478 e. The lowest BCUT2D eigenvalue weighted by molar-refractivity contribution is -0.102. The quantitative estimate of drug-likeness (QED) is 0.416. The molecule has 14 heavy (non-hydrogen) atoms. The zero-order chi connectivity index (χ0) is 10.6. The SMILES string of the molecule is NC(C=O)=Nc1ccc(C(=O)O)cc1. The number of hydrogen-bond donors (Lipinski definition) is 2. The number of carboxylic acids is 1. The minimum atomic E-state index is -1.01. The van der Waals surface area contributed by atoms with Crippen LogP contribution in [0.5, 0.6) is 0 Å². The molecule has 72 valence electrons. The number of carboxylic acid groups (broad SMARTS) is 1. The van der Waals surface area contributed by atoms with E-state index in [0.717, 1.165) is 0 Å². The number of nitrogens with zero attached hydrogens (tertiary/aromatic N) is 1. The smallest absolute Gasteiger partial charge is 0.335 e. The van der Waals surface area contributed by atoms with E-state index in [1.54, 1.807) is 0 Å². The molecule has 0 atom stereocenters. The van der Waals surface area contributed by atoms with Gasteiger partial charge in [-0.3, -0.25) is 4.79 Å². The third-order valence-electron chi connectivity index (χ3n) is 1.49. The number of nitrogens with two attached hydrogens (primary N) is 1. The second-order valence-corrected chi connectivity index (χ2v) is 2.51. The summed E-state index contributed by atoms with van der Waals surface area (Å²) in [4.78, 5) is 24.3. The van der Waals surface area contributed by atoms with Crippen molar-refractivity contribution in [2.24, 2.45) is 10.7 Å². The first-order valence-electron chi connectivity index (χ1n) is 3.76. The Kier molecular flexibility index (Phi) is 2.96. The van der Waals surface area contributed by atoms with Gasteiger partial charge in [-0.25, -0.2) is 9.79 Å². The molecule has 0 heterocycles. The summed E-state index contributed by atoms with van der Waals surface area (Å²) in [6.45, 7) is 0. The van der Waals surface area contributed by atoms with Crippen LogP contribution in [0.25, 0.3) is 0 Å². The second-order valence-electron chi connectivity index (χ2n) is 2.51. The van der Waals surface area contributed by atoms with Crippen LogP contribution in [0.4, 0.5) is 5.69 Å². The van der Waals surface area contributed by atoms with E-state index in [1.165, 1.54) is 24.3 Å². The molecule has 0 fully saturated rings. The van der Waals surface area contributed by atoms with Gasteiger partial charge in [0.2, 0.25) is 0 Å². The molecule has 0 bridgehead atoms. The van der Waals surface area contributed by atoms with Crippen molar-refractivity contribution in [3.63, 3.8) is 0 Å². The molecule has 0 radical (unpaired) electrons. The van der Waals surface area contributed by atoms with Gasteiger partial charge in [0.1, 0.15) is 0 Å². The normalized spacial score (nSPS) is 11.0. The number of benzene rings is 1. The lowest BCUT2D eigenvalue weighted by Gasteiger charge is -1.95. The molecule has 5 heteroatoms. The molecule has 0 aliphatic carbocycles. The van der Waals surface area contributed by atoms with Gasteiger partial charge >= 0.3 is 5.97 Å². The third kappa shape index (κ3) is 2.41. The fourth-order valence-corrected chi connectivity index (χ4v) is 0.854. The molecule has 0 saturated heterocycles. The van der Waals surface area contributed by atoms with Gasteiger partial charge in [0.25, 0.3) is 0 Å². The number of aldehydes is 1. The van der Waals surface area contributed by atoms with Gasteiger partial charge in [0.05, 0.1) is 11.3 Å². The van der Waals surface area contributed by atoms with Crippen LogP contribution in [-0.2, 0) is 4.79 Å². The lowest BCUT2D eigenvalue weighted by Crippen LogP contribution is -2.11. The number of amidine groups is 1. The monoisotopic (exact) mass is 192 g/mol. The maximum absolute atomic E-state index is 10.5. The number of carbonyl (C=O) groups is 2. The van der Waals surface area contributed by atoms with E-state index in [9.17, 15) is 9.59 Å². The zero-order valence-electron chi connectivity index (χ0n) is 7.18. The molecule has 0 aliphatic rings. The van der Waals surface area contributed by atoms with Gasteiger partial charge in [-0.15, -0.1) is 0 Å². The van der Waals surface area contributed by atoms with Crippen molar-refractivity contribution >= 4 is 23.8 Å². The predicted octanol–water partition coefficient (Wildman–Crippen LogP) is 0.572. The summed E-state index contributed by atoms with van der Waals surface area (Å²) in [6.07, 6.45) is 0.422. The molecule has 1 aromatic carbocycles. The number of aliphatic imine (C=N–C) groups is 1. The Balaban J connectivity index is 2.94. The first-order chi connectivity index (χ1) is 6.63. The van der Waals surface area contributed by atoms with Crippen LogP contribution in [0, 0.1) is 0 Å². The largest absolute Gasteiger partial charge is 0.478 e. The maximum Gasteiger partial charge on any atom is 0.335 e. The average Bonchev–Trinajstić information content (AvgIpc) is 2.18. The molecule has 0 unspecified atom stereocenters. The molecule has 0 spiro atoms. The zero-order valence-corrected chi connectivity index (χ0v) is 7.18. The van der Waals surface area contributed by atoms with Gasteiger partial charge in [-0.05, 0) is 24.3 Å². The minimum absolute atomic E-state index is 0.145. The highest BCUT2D eigenvalue weighted by atomic mass is 16.4. The summed E-state index contributed by atoms with van der Waals surface area (Å²) in [5.74, 6) is -1.16. The van der Waals surface area contributed by atoms with Crippen LogP contribution < -0.4 is 5.73 Å². The Labute approximate surface area is 79.9 Å². The van der Waals surface area contributed by atoms with Crippen LogP contribution in [-0.4, -0.2) is 23.2 Å². The highest BCUT2D eigenvalue weighted by Crippen LogP contribution is 2.12. The summed E-state index contributed by atoms with van der Waals surface area (Å²) < 4.78 is 0. The maximum atomic E-state index is 10.5. The van der Waals surface area contributed by atoms with Gasteiger partial charge < -0.3 is 10.8 Å². The number of aromatic carboxylic acids is 1. The standard InChI is InChI=1S/C9H8N2O3/c10-8(5-12)11-7-3-1-6(2-4-7)9(13)14/h1-5H,(H2,10,11)(H,13,14). The Morgan fingerprint density at radius 1 is 1.36 bits per heavy atom. The van der Waals surface area contributed by atoms with Gasteiger partial charge in [0, 0.05) is 0 Å². The summed E-state index contributed by atoms with van der Waals surface area (Å²) in [5.41, 5.74) is 5.77. The second kappa shape index (κ2) is 4.18. The number of carbonyl (C=O) groups excluding carboxylic acids is 1. The van der Waals surface area contributed by atoms with E-state index in [2.05, 4.69) is 4.99 Å². The van der Waals surface area contributed by atoms with Crippen LogP contribution in [0.2, 0.25) is 0 Å². The van der Waals surface area contributed by atoms with E-state index >= 15 is 0 Å². The van der Waals surface area contributed by atoms with Crippen molar-refractivity contribution in [1.29, 1.82) is 0 Å². The molecule has 0 aliphatic heterocycles. The van der Waals surface area contributed by atoms with Crippen molar-refractivity contribution in [3.05, 3.63) is 29.8 Å². The Morgan fingerprint density at radius 3 is 2.36 bits per heavy atom. The van der Waals surface area contributed by atoms with Crippen LogP contribution in [0.15, 0.2) is 29.3 Å². The Morgan fingerprint density at radius 2 is 1.93 bits per heavy atom. The molecule has 0 aromatic heterocycles. The topological polar surface area (TPSA) is 92.8 Å². The number of rotatable bonds is 3. The summed E-state index contributed by atoms with van der Waals surface area (Å²) in [7, 11) is 0. The first kappa shape index (κ1) is 9.91. The van der Waals surface area contributed by atoms with Crippen molar-refractivity contribution in [2.45, 2.75) is 0 Å². The molecule has 0 amide bonds. The van der Waals surface area contributed by atoms with E-state index in [1.807, 2.05) is 0 Å². The molecule has 0 saturated carbocycles. The van der Waals surface area contributed by atoms with Crippen LogP contribution >= 0.6 is 0 Å². The van der Waals surface area contributed by atoms with E-state index in [0.29, 0.717) is 12.0 Å². The van der Waals surface area contributed by atoms with Crippen molar-refractivity contribution < 1.29 is 14.7 Å². The van der Waals surface area contributed by atoms with Crippen LogP contribution in [0.1, 0.15) is 10.4 Å². The molecule has 1 aromatic rings. The molecular weight excluding hydrogens is 184 g/mol. The van der Waals surface area contributed by atoms with Crippen molar-refractivity contribution in [2.75, 3.05) is 0 Å². The fraction of sp³-hybridized carbons (Fsp3) is 0. The van der Waals surface area contributed by atoms with Gasteiger partial charge in [-0.1, -0.05) is 0 Å². The lowest BCUT2D eigenvalue weighted by atomic mass is 10.2. The highest BCUT2D eigenvalue weighted by molar-refractivity contribution is 6.26. The molecular formula is C9H8N2O3. The predicted molar refractivity (Wildman–Crippen MR) is 50.7 cm³/mol. The summed E-state index contributed by atoms with van der Waals surface area (Å²) in [5, 5.41) is 8.59. The fourth-order valence-electron chi connectivity index (χ4n) is 0.854. The molecule has 1 rings (SSSR count). The third-order valence-corrected chi connectivity index (χ3v) is 1.49. The highest BCUT2D eigenvalue weighted by Gasteiger charge is 2.00. The van der Waals surface area contributed by atoms with Gasteiger partial charge in [0.15, 0.2) is 12.1 Å². The summed E-state index contributed by atoms with van der Waals surface area (Å²) in [6, 6.07) is 5.72. The van der Waals surface area contributed by atoms with Crippen LogP contribution in [0.3, 0.4) is 0 Å². The molecule has 5 nitrogen and oxygen atoms in total. The number of hydrogen-bond acceptors (Lipinski definition) is 3. The van der Waals surface area contributed by atoms with Crippen molar-refractivity contribution in [3.8, 4) is 0 Å².